The lowest BCUT2D eigenvalue weighted by Gasteiger charge is -2.13. The summed E-state index contributed by atoms with van der Waals surface area (Å²) >= 11 is 0. The molecule has 0 saturated carbocycles. The van der Waals surface area contributed by atoms with E-state index in [0.717, 1.165) is 5.56 Å². The molecule has 1 aromatic carbocycles. The van der Waals surface area contributed by atoms with Crippen LogP contribution in [0.4, 0.5) is 0 Å². The van der Waals surface area contributed by atoms with E-state index >= 15 is 0 Å². The van der Waals surface area contributed by atoms with E-state index in [9.17, 15) is 9.90 Å². The van der Waals surface area contributed by atoms with Gasteiger partial charge in [0, 0.05) is 6.54 Å². The van der Waals surface area contributed by atoms with E-state index in [-0.39, 0.29) is 6.54 Å². The number of hydrogen-bond donors (Lipinski definition) is 2. The largest absolute Gasteiger partial charge is 0.496 e. The molecule has 17 heavy (non-hydrogen) atoms. The maximum atomic E-state index is 11.8. The van der Waals surface area contributed by atoms with E-state index in [4.69, 9.17) is 10.5 Å². The molecule has 0 aliphatic heterocycles. The Morgan fingerprint density at radius 1 is 1.47 bits per heavy atom. The number of benzene rings is 1. The average Bonchev–Trinajstić information content (AvgIpc) is 2.35. The minimum Gasteiger partial charge on any atom is -0.496 e. The van der Waals surface area contributed by atoms with E-state index in [0.29, 0.717) is 17.2 Å². The Balaban J connectivity index is 3.13. The van der Waals surface area contributed by atoms with Crippen LogP contribution >= 0.6 is 0 Å². The van der Waals surface area contributed by atoms with Crippen LogP contribution in [0, 0.1) is 0 Å². The average molecular weight is 237 g/mol. The predicted octanol–water partition coefficient (Wildman–Crippen LogP) is 1.32. The Morgan fingerprint density at radius 2 is 2.12 bits per heavy atom. The number of aliphatic hydroxyl groups excluding tert-OH is 1. The zero-order valence-electron chi connectivity index (χ0n) is 10.4. The number of hydrogen-bond acceptors (Lipinski definition) is 4. The molecule has 94 valence electrons. The first-order valence-electron chi connectivity index (χ1n) is 5.61. The second-order valence-corrected chi connectivity index (χ2v) is 4.23. The van der Waals surface area contributed by atoms with Crippen molar-refractivity contribution in [3.05, 3.63) is 29.3 Å². The van der Waals surface area contributed by atoms with Crippen LogP contribution in [0.3, 0.4) is 0 Å². The van der Waals surface area contributed by atoms with Crippen LogP contribution in [-0.4, -0.2) is 30.6 Å². The van der Waals surface area contributed by atoms with Gasteiger partial charge in [-0.2, -0.15) is 0 Å². The molecule has 0 amide bonds. The minimum atomic E-state index is -1.17. The molecule has 0 fully saturated rings. The maximum absolute atomic E-state index is 11.8. The van der Waals surface area contributed by atoms with Crippen molar-refractivity contribution in [2.24, 2.45) is 5.73 Å². The Hall–Kier alpha value is -1.39. The molecule has 0 saturated heterocycles. The van der Waals surface area contributed by atoms with Crippen LogP contribution in [0.1, 0.15) is 35.7 Å². The summed E-state index contributed by atoms with van der Waals surface area (Å²) in [6.45, 7) is 4.03. The first-order chi connectivity index (χ1) is 8.01. The molecule has 0 bridgehead atoms. The summed E-state index contributed by atoms with van der Waals surface area (Å²) in [4.78, 5) is 11.8. The zero-order chi connectivity index (χ0) is 13.0. The van der Waals surface area contributed by atoms with Gasteiger partial charge < -0.3 is 15.6 Å². The molecular formula is C13H19NO3. The normalized spacial score (nSPS) is 12.6. The molecule has 3 N–H and O–H groups in total. The quantitative estimate of drug-likeness (QED) is 0.758. The van der Waals surface area contributed by atoms with Crippen LogP contribution < -0.4 is 10.5 Å². The van der Waals surface area contributed by atoms with Gasteiger partial charge in [0.15, 0.2) is 5.78 Å². The highest BCUT2D eigenvalue weighted by Crippen LogP contribution is 2.25. The van der Waals surface area contributed by atoms with Crippen LogP contribution in [0.2, 0.25) is 0 Å². The maximum Gasteiger partial charge on any atom is 0.196 e. The fraction of sp³-hybridized carbons (Fsp3) is 0.462. The third kappa shape index (κ3) is 3.05. The summed E-state index contributed by atoms with van der Waals surface area (Å²) in [7, 11) is 1.51. The Labute approximate surface area is 101 Å². The molecule has 0 aromatic heterocycles. The van der Waals surface area contributed by atoms with Gasteiger partial charge in [0.05, 0.1) is 12.7 Å². The van der Waals surface area contributed by atoms with Gasteiger partial charge in [-0.05, 0) is 23.6 Å². The highest BCUT2D eigenvalue weighted by Gasteiger charge is 2.20. The van der Waals surface area contributed by atoms with Crippen molar-refractivity contribution < 1.29 is 14.6 Å². The highest BCUT2D eigenvalue weighted by molar-refractivity contribution is 6.01. The van der Waals surface area contributed by atoms with Crippen molar-refractivity contribution in [1.29, 1.82) is 0 Å². The van der Waals surface area contributed by atoms with Gasteiger partial charge in [-0.25, -0.2) is 0 Å². The van der Waals surface area contributed by atoms with Gasteiger partial charge in [-0.3, -0.25) is 4.79 Å². The van der Waals surface area contributed by atoms with E-state index < -0.39 is 11.9 Å². The number of aliphatic hydroxyl groups is 1. The van der Waals surface area contributed by atoms with Gasteiger partial charge in [0.2, 0.25) is 0 Å². The second kappa shape index (κ2) is 5.80. The molecule has 0 heterocycles. The monoisotopic (exact) mass is 237 g/mol. The lowest BCUT2D eigenvalue weighted by molar-refractivity contribution is 0.0759. The predicted molar refractivity (Wildman–Crippen MR) is 66.5 cm³/mol. The smallest absolute Gasteiger partial charge is 0.196 e. The molecule has 1 unspecified atom stereocenters. The Morgan fingerprint density at radius 3 is 2.59 bits per heavy atom. The lowest BCUT2D eigenvalue weighted by Crippen LogP contribution is -2.29. The summed E-state index contributed by atoms with van der Waals surface area (Å²) in [6, 6.07) is 5.36. The molecule has 0 aliphatic carbocycles. The van der Waals surface area contributed by atoms with Crippen molar-refractivity contribution in [2.45, 2.75) is 25.9 Å². The number of Topliss-reactive ketones (excluding diaryl/α,β-unsaturated/α-hetero) is 1. The van der Waals surface area contributed by atoms with Crippen LogP contribution in [0.5, 0.6) is 5.75 Å². The molecule has 0 spiro atoms. The SMILES string of the molecule is COc1cc(C(C)C)ccc1C(=O)C(O)CN. The molecule has 4 nitrogen and oxygen atoms in total. The van der Waals surface area contributed by atoms with Gasteiger partial charge in [-0.1, -0.05) is 19.9 Å². The van der Waals surface area contributed by atoms with E-state index in [2.05, 4.69) is 13.8 Å². The van der Waals surface area contributed by atoms with Crippen LogP contribution in [0.25, 0.3) is 0 Å². The first-order valence-corrected chi connectivity index (χ1v) is 5.61. The van der Waals surface area contributed by atoms with Crippen molar-refractivity contribution in [3.63, 3.8) is 0 Å². The van der Waals surface area contributed by atoms with Gasteiger partial charge >= 0.3 is 0 Å². The molecule has 1 aromatic rings. The van der Waals surface area contributed by atoms with Crippen molar-refractivity contribution in [1.82, 2.24) is 0 Å². The van der Waals surface area contributed by atoms with Crippen LogP contribution in [0.15, 0.2) is 18.2 Å². The Kier molecular flexibility index (Phi) is 4.66. The molecule has 1 atom stereocenters. The summed E-state index contributed by atoms with van der Waals surface area (Å²) in [6.07, 6.45) is -1.17. The summed E-state index contributed by atoms with van der Waals surface area (Å²) in [5.74, 6) is 0.431. The third-order valence-electron chi connectivity index (χ3n) is 2.68. The minimum absolute atomic E-state index is 0.0894. The highest BCUT2D eigenvalue weighted by atomic mass is 16.5. The first kappa shape index (κ1) is 13.7. The Bertz CT molecular complexity index is 402. The number of ketones is 1. The van der Waals surface area contributed by atoms with Gasteiger partial charge in [-0.15, -0.1) is 0 Å². The second-order valence-electron chi connectivity index (χ2n) is 4.23. The fourth-order valence-electron chi connectivity index (χ4n) is 1.56. The van der Waals surface area contributed by atoms with E-state index in [1.165, 1.54) is 7.11 Å². The third-order valence-corrected chi connectivity index (χ3v) is 2.68. The fourth-order valence-corrected chi connectivity index (χ4v) is 1.56. The van der Waals surface area contributed by atoms with E-state index in [1.54, 1.807) is 6.07 Å². The molecule has 0 radical (unpaired) electrons. The molecule has 0 aliphatic rings. The molecule has 1 rings (SSSR count). The molecule has 4 heteroatoms. The molecular weight excluding hydrogens is 218 g/mol. The number of carbonyl (C=O) groups excluding carboxylic acids is 1. The standard InChI is InChI=1S/C13H19NO3/c1-8(2)9-4-5-10(12(6-9)17-3)13(16)11(15)7-14/h4-6,8,11,15H,7,14H2,1-3H3. The number of ether oxygens (including phenoxy) is 1. The number of rotatable bonds is 5. The van der Waals surface area contributed by atoms with Crippen molar-refractivity contribution in [3.8, 4) is 5.75 Å². The number of methoxy groups -OCH3 is 1. The summed E-state index contributed by atoms with van der Waals surface area (Å²) in [5.41, 5.74) is 6.72. The van der Waals surface area contributed by atoms with E-state index in [1.807, 2.05) is 12.1 Å². The topological polar surface area (TPSA) is 72.5 Å². The lowest BCUT2D eigenvalue weighted by atomic mass is 9.98. The summed E-state index contributed by atoms with van der Waals surface area (Å²) < 4.78 is 5.18. The van der Waals surface area contributed by atoms with Crippen LogP contribution in [-0.2, 0) is 0 Å². The summed E-state index contributed by atoms with van der Waals surface area (Å²) in [5, 5.41) is 9.45. The number of carbonyl (C=O) groups is 1. The van der Waals surface area contributed by atoms with Gasteiger partial charge in [0.1, 0.15) is 11.9 Å². The zero-order valence-corrected chi connectivity index (χ0v) is 10.4. The van der Waals surface area contributed by atoms with Gasteiger partial charge in [0.25, 0.3) is 0 Å². The van der Waals surface area contributed by atoms with Crippen molar-refractivity contribution >= 4 is 5.78 Å². The van der Waals surface area contributed by atoms with Crippen molar-refractivity contribution in [2.75, 3.05) is 13.7 Å². The number of nitrogens with two attached hydrogens (primary N) is 1.